The summed E-state index contributed by atoms with van der Waals surface area (Å²) in [5, 5.41) is 0.645. The minimum atomic E-state index is 0.391. The molecule has 1 aliphatic heterocycles. The van der Waals surface area contributed by atoms with Gasteiger partial charge in [-0.2, -0.15) is 4.98 Å². The number of rotatable bonds is 6. The van der Waals surface area contributed by atoms with E-state index in [-0.39, 0.29) is 0 Å². The number of carbonyl (C=O) groups is 1. The summed E-state index contributed by atoms with van der Waals surface area (Å²) >= 11 is 6.30. The Morgan fingerprint density at radius 1 is 1.35 bits per heavy atom. The van der Waals surface area contributed by atoms with Gasteiger partial charge in [0.05, 0.1) is 7.11 Å². The van der Waals surface area contributed by atoms with E-state index in [0.717, 1.165) is 43.6 Å². The van der Waals surface area contributed by atoms with Crippen molar-refractivity contribution in [2.24, 2.45) is 0 Å². The Morgan fingerprint density at radius 3 is 2.81 bits per heavy atom. The van der Waals surface area contributed by atoms with Crippen LogP contribution in [0.5, 0.6) is 6.01 Å². The Morgan fingerprint density at radius 2 is 2.12 bits per heavy atom. The highest BCUT2D eigenvalue weighted by molar-refractivity contribution is 6.31. The van der Waals surface area contributed by atoms with E-state index < -0.39 is 0 Å². The number of piperidine rings is 1. The Hall–Kier alpha value is -2.18. The number of benzene rings is 1. The number of anilines is 1. The van der Waals surface area contributed by atoms with Crippen molar-refractivity contribution in [3.8, 4) is 6.01 Å². The molecule has 2 aromatic rings. The van der Waals surface area contributed by atoms with E-state index in [9.17, 15) is 4.79 Å². The lowest BCUT2D eigenvalue weighted by Gasteiger charge is -2.37. The normalized spacial score (nSPS) is 15.3. The Bertz CT molecular complexity index is 763. The number of aldehydes is 1. The lowest BCUT2D eigenvalue weighted by molar-refractivity contribution is 0.112. The summed E-state index contributed by atoms with van der Waals surface area (Å²) in [5.41, 5.74) is 1.56. The Balaban J connectivity index is 1.62. The van der Waals surface area contributed by atoms with E-state index in [0.29, 0.717) is 29.2 Å². The van der Waals surface area contributed by atoms with Gasteiger partial charge >= 0.3 is 6.01 Å². The molecule has 0 N–H and O–H groups in total. The van der Waals surface area contributed by atoms with Crippen molar-refractivity contribution >= 4 is 23.7 Å². The molecule has 0 saturated carbocycles. The second-order valence-electron chi connectivity index (χ2n) is 6.46. The Labute approximate surface area is 158 Å². The van der Waals surface area contributed by atoms with E-state index >= 15 is 0 Å². The second kappa shape index (κ2) is 8.47. The molecular formula is C19H23ClN4O2. The van der Waals surface area contributed by atoms with E-state index in [1.807, 2.05) is 24.3 Å². The molecule has 0 amide bonds. The van der Waals surface area contributed by atoms with Crippen LogP contribution < -0.4 is 9.64 Å². The maximum Gasteiger partial charge on any atom is 0.318 e. The largest absolute Gasteiger partial charge is 0.467 e. The zero-order valence-corrected chi connectivity index (χ0v) is 15.8. The average molecular weight is 375 g/mol. The number of hydrogen-bond donors (Lipinski definition) is 0. The molecule has 0 spiro atoms. The van der Waals surface area contributed by atoms with Gasteiger partial charge in [0.1, 0.15) is 12.1 Å². The number of methoxy groups -OCH3 is 1. The predicted molar refractivity (Wildman–Crippen MR) is 102 cm³/mol. The molecule has 0 radical (unpaired) electrons. The topological polar surface area (TPSA) is 58.6 Å². The molecule has 2 heterocycles. The summed E-state index contributed by atoms with van der Waals surface area (Å²) in [6, 6.07) is 8.19. The minimum Gasteiger partial charge on any atom is -0.467 e. The highest BCUT2D eigenvalue weighted by Crippen LogP contribution is 2.25. The van der Waals surface area contributed by atoms with Crippen molar-refractivity contribution in [3.05, 3.63) is 46.6 Å². The maximum atomic E-state index is 11.3. The third kappa shape index (κ3) is 4.14. The molecule has 1 aliphatic rings. The van der Waals surface area contributed by atoms with E-state index in [4.69, 9.17) is 16.3 Å². The maximum absolute atomic E-state index is 11.3. The predicted octanol–water partition coefficient (Wildman–Crippen LogP) is 3.05. The smallest absolute Gasteiger partial charge is 0.318 e. The van der Waals surface area contributed by atoms with Gasteiger partial charge in [-0.15, -0.1) is 0 Å². The first-order chi connectivity index (χ1) is 12.6. The van der Waals surface area contributed by atoms with Gasteiger partial charge in [0.15, 0.2) is 0 Å². The third-order valence-corrected chi connectivity index (χ3v) is 5.26. The van der Waals surface area contributed by atoms with E-state index in [1.54, 1.807) is 13.3 Å². The summed E-state index contributed by atoms with van der Waals surface area (Å²) in [4.78, 5) is 24.3. The van der Waals surface area contributed by atoms with Crippen LogP contribution in [0.1, 0.15) is 28.8 Å². The average Bonchev–Trinajstić information content (AvgIpc) is 2.69. The molecule has 0 bridgehead atoms. The number of ether oxygens (including phenoxy) is 1. The fraction of sp³-hybridized carbons (Fsp3) is 0.421. The molecule has 138 valence electrons. The van der Waals surface area contributed by atoms with Crippen molar-refractivity contribution < 1.29 is 9.53 Å². The molecule has 1 fully saturated rings. The summed E-state index contributed by atoms with van der Waals surface area (Å²) in [6.45, 7) is 2.50. The van der Waals surface area contributed by atoms with Crippen molar-refractivity contribution in [3.63, 3.8) is 0 Å². The van der Waals surface area contributed by atoms with Crippen LogP contribution in [0.2, 0.25) is 5.02 Å². The first-order valence-corrected chi connectivity index (χ1v) is 9.05. The molecule has 0 atom stereocenters. The van der Waals surface area contributed by atoms with Crippen LogP contribution in [-0.2, 0) is 6.54 Å². The van der Waals surface area contributed by atoms with Gasteiger partial charge in [-0.3, -0.25) is 9.69 Å². The van der Waals surface area contributed by atoms with Gasteiger partial charge < -0.3 is 9.64 Å². The highest BCUT2D eigenvalue weighted by atomic mass is 35.5. The lowest BCUT2D eigenvalue weighted by atomic mass is 10.0. The number of halogens is 1. The molecular weight excluding hydrogens is 352 g/mol. The zero-order chi connectivity index (χ0) is 18.5. The van der Waals surface area contributed by atoms with Crippen LogP contribution in [0.4, 0.5) is 5.82 Å². The summed E-state index contributed by atoms with van der Waals surface area (Å²) in [7, 11) is 3.66. The van der Waals surface area contributed by atoms with Gasteiger partial charge in [0, 0.05) is 42.5 Å². The summed E-state index contributed by atoms with van der Waals surface area (Å²) in [6.07, 6.45) is 4.63. The molecule has 7 heteroatoms. The monoisotopic (exact) mass is 374 g/mol. The summed E-state index contributed by atoms with van der Waals surface area (Å²) in [5.74, 6) is 0.896. The van der Waals surface area contributed by atoms with Gasteiger partial charge in [-0.25, -0.2) is 4.98 Å². The summed E-state index contributed by atoms with van der Waals surface area (Å²) < 4.78 is 5.11. The molecule has 26 heavy (non-hydrogen) atoms. The molecule has 1 aromatic heterocycles. The van der Waals surface area contributed by atoms with Crippen LogP contribution in [0, 0.1) is 0 Å². The second-order valence-corrected chi connectivity index (χ2v) is 6.87. The molecule has 3 rings (SSSR count). The van der Waals surface area contributed by atoms with Gasteiger partial charge in [-0.05, 0) is 37.6 Å². The standard InChI is InChI=1S/C19H23ClN4O2/c1-23(12-16-14(13-25)4-3-5-17(16)20)15-7-10-24(11-8-15)18-6-9-21-19(22-18)26-2/h3-6,9,13,15H,7-8,10-12H2,1-2H3. The molecule has 6 nitrogen and oxygen atoms in total. The van der Waals surface area contributed by atoms with Crippen molar-refractivity contribution in [1.29, 1.82) is 0 Å². The zero-order valence-electron chi connectivity index (χ0n) is 15.1. The third-order valence-electron chi connectivity index (χ3n) is 4.90. The molecule has 1 saturated heterocycles. The first-order valence-electron chi connectivity index (χ1n) is 8.67. The first kappa shape index (κ1) is 18.6. The highest BCUT2D eigenvalue weighted by Gasteiger charge is 2.24. The van der Waals surface area contributed by atoms with Crippen LogP contribution in [0.3, 0.4) is 0 Å². The number of carbonyl (C=O) groups excluding carboxylic acids is 1. The Kier molecular flexibility index (Phi) is 6.06. The fourth-order valence-electron chi connectivity index (χ4n) is 3.37. The van der Waals surface area contributed by atoms with Crippen molar-refractivity contribution in [2.75, 3.05) is 32.1 Å². The van der Waals surface area contributed by atoms with E-state index in [2.05, 4.69) is 26.8 Å². The quantitative estimate of drug-likeness (QED) is 0.724. The molecule has 1 aromatic carbocycles. The van der Waals surface area contributed by atoms with Crippen LogP contribution in [0.15, 0.2) is 30.5 Å². The molecule has 0 unspecified atom stereocenters. The van der Waals surface area contributed by atoms with Crippen molar-refractivity contribution in [1.82, 2.24) is 14.9 Å². The van der Waals surface area contributed by atoms with Gasteiger partial charge in [0.25, 0.3) is 0 Å². The van der Waals surface area contributed by atoms with Gasteiger partial charge in [0.2, 0.25) is 0 Å². The fourth-order valence-corrected chi connectivity index (χ4v) is 3.61. The van der Waals surface area contributed by atoms with E-state index in [1.165, 1.54) is 0 Å². The number of nitrogens with zero attached hydrogens (tertiary/aromatic N) is 4. The van der Waals surface area contributed by atoms with Crippen molar-refractivity contribution in [2.45, 2.75) is 25.4 Å². The number of aromatic nitrogens is 2. The number of hydrogen-bond acceptors (Lipinski definition) is 6. The van der Waals surface area contributed by atoms with Crippen LogP contribution >= 0.6 is 11.6 Å². The van der Waals surface area contributed by atoms with Crippen LogP contribution in [0.25, 0.3) is 0 Å². The SMILES string of the molecule is COc1nccc(N2CCC(N(C)Cc3c(Cl)cccc3C=O)CC2)n1. The molecule has 0 aliphatic carbocycles. The van der Waals surface area contributed by atoms with Gasteiger partial charge in [-0.1, -0.05) is 23.7 Å². The lowest BCUT2D eigenvalue weighted by Crippen LogP contribution is -2.43. The van der Waals surface area contributed by atoms with Crippen LogP contribution in [-0.4, -0.2) is 54.4 Å². The minimum absolute atomic E-state index is 0.391.